The Labute approximate surface area is 157 Å². The van der Waals surface area contributed by atoms with Gasteiger partial charge in [-0.25, -0.2) is 9.97 Å². The summed E-state index contributed by atoms with van der Waals surface area (Å²) in [5.74, 6) is 1.71. The quantitative estimate of drug-likeness (QED) is 0.588. The lowest BCUT2D eigenvalue weighted by Crippen LogP contribution is -2.31. The standard InChI is InChI=1S/C19H24N6O2/c1-4-25-8-5-13-9-15(23-16-10-20-6-7-21-16)24-18(17(13)19(25)27)22-14(11-26)12(2)3/h5-10,12,14,26H,4,11H2,1-3H3,(H2,21,22,23,24)/t14-/m1/s1. The van der Waals surface area contributed by atoms with E-state index >= 15 is 0 Å². The molecule has 3 N–H and O–H groups in total. The fourth-order valence-electron chi connectivity index (χ4n) is 2.81. The van der Waals surface area contributed by atoms with Crippen molar-refractivity contribution in [3.05, 3.63) is 47.3 Å². The van der Waals surface area contributed by atoms with Crippen LogP contribution in [0.5, 0.6) is 0 Å². The van der Waals surface area contributed by atoms with Crippen LogP contribution in [0.4, 0.5) is 17.5 Å². The number of nitrogens with zero attached hydrogens (tertiary/aromatic N) is 4. The summed E-state index contributed by atoms with van der Waals surface area (Å²) in [6.45, 7) is 6.44. The van der Waals surface area contributed by atoms with Crippen LogP contribution in [0, 0.1) is 5.92 Å². The fourth-order valence-corrected chi connectivity index (χ4v) is 2.81. The number of aryl methyl sites for hydroxylation is 1. The van der Waals surface area contributed by atoms with Gasteiger partial charge in [-0.2, -0.15) is 0 Å². The van der Waals surface area contributed by atoms with Crippen molar-refractivity contribution in [2.75, 3.05) is 17.2 Å². The monoisotopic (exact) mass is 368 g/mol. The van der Waals surface area contributed by atoms with Gasteiger partial charge in [0.05, 0.1) is 24.2 Å². The van der Waals surface area contributed by atoms with Crippen molar-refractivity contribution in [3.8, 4) is 0 Å². The van der Waals surface area contributed by atoms with Crippen molar-refractivity contribution in [2.45, 2.75) is 33.4 Å². The van der Waals surface area contributed by atoms with Crippen LogP contribution in [0.3, 0.4) is 0 Å². The van der Waals surface area contributed by atoms with Crippen molar-refractivity contribution in [2.24, 2.45) is 5.92 Å². The molecule has 3 aromatic rings. The van der Waals surface area contributed by atoms with Gasteiger partial charge in [0.25, 0.3) is 5.56 Å². The topological polar surface area (TPSA) is 105 Å². The van der Waals surface area contributed by atoms with E-state index in [0.717, 1.165) is 5.39 Å². The fraction of sp³-hybridized carbons (Fsp3) is 0.368. The van der Waals surface area contributed by atoms with E-state index in [0.29, 0.717) is 29.4 Å². The molecule has 0 bridgehead atoms. The predicted octanol–water partition coefficient (Wildman–Crippen LogP) is 2.38. The molecule has 0 unspecified atom stereocenters. The second-order valence-electron chi connectivity index (χ2n) is 6.62. The highest BCUT2D eigenvalue weighted by Crippen LogP contribution is 2.25. The van der Waals surface area contributed by atoms with Crippen molar-refractivity contribution >= 4 is 28.2 Å². The Morgan fingerprint density at radius 3 is 2.70 bits per heavy atom. The van der Waals surface area contributed by atoms with E-state index in [1.165, 1.54) is 0 Å². The molecule has 3 aromatic heterocycles. The number of nitrogens with one attached hydrogen (secondary N) is 2. The van der Waals surface area contributed by atoms with E-state index in [1.807, 2.05) is 26.8 Å². The van der Waals surface area contributed by atoms with E-state index < -0.39 is 0 Å². The lowest BCUT2D eigenvalue weighted by atomic mass is 10.1. The Morgan fingerprint density at radius 2 is 2.07 bits per heavy atom. The maximum absolute atomic E-state index is 12.9. The van der Waals surface area contributed by atoms with Crippen LogP contribution < -0.4 is 16.2 Å². The zero-order valence-corrected chi connectivity index (χ0v) is 15.7. The molecule has 142 valence electrons. The molecule has 0 amide bonds. The molecule has 0 radical (unpaired) electrons. The first-order valence-corrected chi connectivity index (χ1v) is 8.98. The number of aliphatic hydroxyl groups excluding tert-OH is 1. The Hall–Kier alpha value is -3.00. The van der Waals surface area contributed by atoms with Crippen LogP contribution in [0.1, 0.15) is 20.8 Å². The van der Waals surface area contributed by atoms with Gasteiger partial charge in [0.15, 0.2) is 0 Å². The van der Waals surface area contributed by atoms with Crippen LogP contribution in [-0.4, -0.2) is 37.3 Å². The number of aliphatic hydroxyl groups is 1. The first-order valence-electron chi connectivity index (χ1n) is 8.98. The molecule has 1 atom stereocenters. The SMILES string of the molecule is CCn1ccc2cc(Nc3cnccn3)nc(N[C@H](CO)C(C)C)c2c1=O. The molecular weight excluding hydrogens is 344 g/mol. The minimum atomic E-state index is -0.220. The van der Waals surface area contributed by atoms with Gasteiger partial charge in [-0.05, 0) is 30.4 Å². The summed E-state index contributed by atoms with van der Waals surface area (Å²) in [7, 11) is 0. The molecule has 8 heteroatoms. The highest BCUT2D eigenvalue weighted by molar-refractivity contribution is 5.93. The average molecular weight is 368 g/mol. The van der Waals surface area contributed by atoms with Crippen LogP contribution in [-0.2, 0) is 6.54 Å². The smallest absolute Gasteiger partial charge is 0.262 e. The van der Waals surface area contributed by atoms with E-state index in [-0.39, 0.29) is 24.1 Å². The second-order valence-corrected chi connectivity index (χ2v) is 6.62. The van der Waals surface area contributed by atoms with Crippen LogP contribution >= 0.6 is 0 Å². The van der Waals surface area contributed by atoms with Gasteiger partial charge in [-0.3, -0.25) is 9.78 Å². The normalized spacial score (nSPS) is 12.3. The minimum absolute atomic E-state index is 0.0581. The molecule has 27 heavy (non-hydrogen) atoms. The number of rotatable bonds is 7. The van der Waals surface area contributed by atoms with E-state index in [9.17, 15) is 9.90 Å². The van der Waals surface area contributed by atoms with E-state index in [2.05, 4.69) is 25.6 Å². The number of hydrogen-bond acceptors (Lipinski definition) is 7. The predicted molar refractivity (Wildman–Crippen MR) is 106 cm³/mol. The molecule has 0 saturated carbocycles. The lowest BCUT2D eigenvalue weighted by Gasteiger charge is -2.22. The molecule has 0 fully saturated rings. The summed E-state index contributed by atoms with van der Waals surface area (Å²) >= 11 is 0. The third-order valence-electron chi connectivity index (χ3n) is 4.44. The number of aromatic nitrogens is 4. The van der Waals surface area contributed by atoms with Crippen molar-refractivity contribution < 1.29 is 5.11 Å². The summed E-state index contributed by atoms with van der Waals surface area (Å²) in [6, 6.07) is 3.47. The zero-order valence-electron chi connectivity index (χ0n) is 15.7. The molecule has 0 aliphatic heterocycles. The van der Waals surface area contributed by atoms with Gasteiger partial charge < -0.3 is 20.3 Å². The van der Waals surface area contributed by atoms with Gasteiger partial charge in [-0.1, -0.05) is 13.8 Å². The number of pyridine rings is 2. The lowest BCUT2D eigenvalue weighted by molar-refractivity contribution is 0.249. The van der Waals surface area contributed by atoms with Crippen molar-refractivity contribution in [1.29, 1.82) is 0 Å². The molecule has 0 saturated heterocycles. The Kier molecular flexibility index (Phi) is 5.66. The van der Waals surface area contributed by atoms with Crippen LogP contribution in [0.25, 0.3) is 10.8 Å². The molecule has 3 heterocycles. The molecule has 0 spiro atoms. The van der Waals surface area contributed by atoms with Gasteiger partial charge in [0.1, 0.15) is 17.5 Å². The van der Waals surface area contributed by atoms with E-state index in [4.69, 9.17) is 0 Å². The largest absolute Gasteiger partial charge is 0.394 e. The summed E-state index contributed by atoms with van der Waals surface area (Å²) in [6.07, 6.45) is 6.54. The molecule has 3 rings (SSSR count). The molecule has 8 nitrogen and oxygen atoms in total. The van der Waals surface area contributed by atoms with Crippen molar-refractivity contribution in [1.82, 2.24) is 19.5 Å². The second kappa shape index (κ2) is 8.13. The minimum Gasteiger partial charge on any atom is -0.394 e. The highest BCUT2D eigenvalue weighted by atomic mass is 16.3. The third kappa shape index (κ3) is 4.06. The summed E-state index contributed by atoms with van der Waals surface area (Å²) in [5.41, 5.74) is -0.114. The van der Waals surface area contributed by atoms with Gasteiger partial charge in [0.2, 0.25) is 0 Å². The Balaban J connectivity index is 2.13. The zero-order chi connectivity index (χ0) is 19.4. The third-order valence-corrected chi connectivity index (χ3v) is 4.44. The first-order chi connectivity index (χ1) is 13.0. The first kappa shape index (κ1) is 18.8. The molecule has 0 aliphatic rings. The average Bonchev–Trinajstić information content (AvgIpc) is 2.66. The maximum Gasteiger partial charge on any atom is 0.262 e. The van der Waals surface area contributed by atoms with Crippen LogP contribution in [0.15, 0.2) is 41.7 Å². The number of anilines is 3. The molecule has 0 aromatic carbocycles. The number of fused-ring (bicyclic) bond motifs is 1. The highest BCUT2D eigenvalue weighted by Gasteiger charge is 2.17. The van der Waals surface area contributed by atoms with Crippen LogP contribution in [0.2, 0.25) is 0 Å². The molecule has 0 aliphatic carbocycles. The number of hydrogen-bond donors (Lipinski definition) is 3. The van der Waals surface area contributed by atoms with Gasteiger partial charge in [-0.15, -0.1) is 0 Å². The van der Waals surface area contributed by atoms with E-state index in [1.54, 1.807) is 35.4 Å². The maximum atomic E-state index is 12.9. The van der Waals surface area contributed by atoms with Crippen molar-refractivity contribution in [3.63, 3.8) is 0 Å². The Morgan fingerprint density at radius 1 is 1.26 bits per heavy atom. The Bertz CT molecular complexity index is 971. The van der Waals surface area contributed by atoms with Gasteiger partial charge >= 0.3 is 0 Å². The van der Waals surface area contributed by atoms with Gasteiger partial charge in [0, 0.05) is 25.1 Å². The molecular formula is C19H24N6O2. The summed E-state index contributed by atoms with van der Waals surface area (Å²) < 4.78 is 1.63. The summed E-state index contributed by atoms with van der Waals surface area (Å²) in [4.78, 5) is 25.7. The summed E-state index contributed by atoms with van der Waals surface area (Å²) in [5, 5.41) is 17.3.